The molecule has 0 atom stereocenters. The number of hydrogen-bond acceptors (Lipinski definition) is 3. The summed E-state index contributed by atoms with van der Waals surface area (Å²) in [5.41, 5.74) is 0. The highest BCUT2D eigenvalue weighted by Gasteiger charge is 2.35. The van der Waals surface area contributed by atoms with Crippen LogP contribution in [0.25, 0.3) is 0 Å². The number of esters is 1. The molecule has 0 rings (SSSR count). The molecule has 0 N–H and O–H groups in total. The fraction of sp³-hybridized carbons (Fsp3) is 0.750. The van der Waals surface area contributed by atoms with E-state index in [1.54, 1.807) is 0 Å². The quantitative estimate of drug-likeness (QED) is 0.553. The van der Waals surface area contributed by atoms with Crippen molar-refractivity contribution >= 4 is 11.9 Å². The van der Waals surface area contributed by atoms with E-state index in [0.717, 1.165) is 7.11 Å². The van der Waals surface area contributed by atoms with E-state index >= 15 is 0 Å². The van der Waals surface area contributed by atoms with Crippen molar-refractivity contribution in [3.8, 4) is 0 Å². The number of rotatable bonds is 5. The Bertz CT molecular complexity index is 279. The molecule has 0 aromatic carbocycles. The second-order valence-electron chi connectivity index (χ2n) is 3.00. The van der Waals surface area contributed by atoms with Gasteiger partial charge in [0.25, 0.3) is 5.91 Å². The van der Waals surface area contributed by atoms with Crippen molar-refractivity contribution in [3.63, 3.8) is 0 Å². The molecular weight excluding hydrogens is 253 g/mol. The molecule has 0 aliphatic rings. The minimum Gasteiger partial charge on any atom is -0.469 e. The lowest BCUT2D eigenvalue weighted by Crippen LogP contribution is -2.43. The molecule has 0 aliphatic heterocycles. The van der Waals surface area contributed by atoms with Crippen molar-refractivity contribution in [3.05, 3.63) is 0 Å². The summed E-state index contributed by atoms with van der Waals surface area (Å²) in [6, 6.07) is 0. The lowest BCUT2D eigenvalue weighted by Gasteiger charge is -2.22. The first-order chi connectivity index (χ1) is 7.67. The van der Waals surface area contributed by atoms with Crippen molar-refractivity contribution in [1.29, 1.82) is 0 Å². The first-order valence-electron chi connectivity index (χ1n) is 4.38. The molecular formula is C8H10F5NO3. The summed E-state index contributed by atoms with van der Waals surface area (Å²) in [6.07, 6.45) is -8.93. The zero-order chi connectivity index (χ0) is 13.6. The minimum atomic E-state index is -4.80. The molecule has 100 valence electrons. The topological polar surface area (TPSA) is 46.6 Å². The number of carbonyl (C=O) groups is 2. The molecule has 0 fully saturated rings. The molecule has 17 heavy (non-hydrogen) atoms. The molecule has 1 amide bonds. The van der Waals surface area contributed by atoms with Gasteiger partial charge in [-0.2, -0.15) is 22.0 Å². The molecule has 9 heteroatoms. The highest BCUT2D eigenvalue weighted by molar-refractivity contribution is 5.80. The maximum absolute atomic E-state index is 12.0. The minimum absolute atomic E-state index is 0.123. The molecule has 0 spiro atoms. The molecule has 0 unspecified atom stereocenters. The van der Waals surface area contributed by atoms with Crippen LogP contribution in [0, 0.1) is 0 Å². The van der Waals surface area contributed by atoms with E-state index in [2.05, 4.69) is 4.74 Å². The number of ether oxygens (including phenoxy) is 1. The van der Waals surface area contributed by atoms with Gasteiger partial charge >= 0.3 is 18.6 Å². The lowest BCUT2D eigenvalue weighted by molar-refractivity contribution is -0.169. The smallest absolute Gasteiger partial charge is 0.406 e. The third-order valence-corrected chi connectivity index (χ3v) is 1.68. The predicted molar refractivity (Wildman–Crippen MR) is 45.3 cm³/mol. The average Bonchev–Trinajstić information content (AvgIpc) is 2.20. The Kier molecular flexibility index (Phi) is 5.83. The Hall–Kier alpha value is -1.41. The Morgan fingerprint density at radius 2 is 1.82 bits per heavy atom. The van der Waals surface area contributed by atoms with Crippen LogP contribution in [0.3, 0.4) is 0 Å². The molecule has 0 aromatic heterocycles. The van der Waals surface area contributed by atoms with Gasteiger partial charge in [-0.3, -0.25) is 9.59 Å². The van der Waals surface area contributed by atoms with Gasteiger partial charge in [0, 0.05) is 6.54 Å². The number of hydrogen-bond donors (Lipinski definition) is 0. The Morgan fingerprint density at radius 1 is 1.29 bits per heavy atom. The van der Waals surface area contributed by atoms with E-state index < -0.39 is 44.0 Å². The number of carbonyl (C=O) groups excluding carboxylic acids is 2. The molecule has 4 nitrogen and oxygen atoms in total. The standard InChI is InChI=1S/C8H10F5NO3/c1-17-5(15)2-3-14(4-8(11,12)13)7(16)6(9)10/h6H,2-4H2,1H3. The molecule has 0 bridgehead atoms. The SMILES string of the molecule is COC(=O)CCN(CC(F)(F)F)C(=O)C(F)F. The highest BCUT2D eigenvalue weighted by atomic mass is 19.4. The predicted octanol–water partition coefficient (Wildman–Crippen LogP) is 1.21. The Balaban J connectivity index is 4.52. The number of halogens is 5. The van der Waals surface area contributed by atoms with E-state index in [1.165, 1.54) is 0 Å². The van der Waals surface area contributed by atoms with Gasteiger partial charge in [0.15, 0.2) is 0 Å². The third-order valence-electron chi connectivity index (χ3n) is 1.68. The summed E-state index contributed by atoms with van der Waals surface area (Å²) in [5.74, 6) is -2.86. The Labute approximate surface area is 93.3 Å². The highest BCUT2D eigenvalue weighted by Crippen LogP contribution is 2.18. The molecule has 0 saturated carbocycles. The van der Waals surface area contributed by atoms with Gasteiger partial charge in [-0.15, -0.1) is 0 Å². The fourth-order valence-corrected chi connectivity index (χ4v) is 0.950. The van der Waals surface area contributed by atoms with Gasteiger partial charge in [0.1, 0.15) is 6.54 Å². The average molecular weight is 263 g/mol. The second-order valence-corrected chi connectivity index (χ2v) is 3.00. The van der Waals surface area contributed by atoms with Crippen LogP contribution in [0.2, 0.25) is 0 Å². The summed E-state index contributed by atoms with van der Waals surface area (Å²) in [6.45, 7) is -2.59. The van der Waals surface area contributed by atoms with Crippen molar-refractivity contribution < 1.29 is 36.3 Å². The maximum Gasteiger partial charge on any atom is 0.406 e. The van der Waals surface area contributed by atoms with Crippen LogP contribution in [0.5, 0.6) is 0 Å². The van der Waals surface area contributed by atoms with Crippen LogP contribution < -0.4 is 0 Å². The monoisotopic (exact) mass is 263 g/mol. The normalized spacial score (nSPS) is 11.5. The largest absolute Gasteiger partial charge is 0.469 e. The molecule has 0 saturated heterocycles. The van der Waals surface area contributed by atoms with Gasteiger partial charge in [0.05, 0.1) is 13.5 Å². The first kappa shape index (κ1) is 15.6. The number of alkyl halides is 5. The van der Waals surface area contributed by atoms with E-state index in [1.807, 2.05) is 0 Å². The molecule has 0 aliphatic carbocycles. The van der Waals surface area contributed by atoms with Crippen LogP contribution in [-0.2, 0) is 14.3 Å². The number of nitrogens with zero attached hydrogens (tertiary/aromatic N) is 1. The number of amides is 1. The van der Waals surface area contributed by atoms with Crippen LogP contribution in [-0.4, -0.2) is 49.6 Å². The fourth-order valence-electron chi connectivity index (χ4n) is 0.950. The van der Waals surface area contributed by atoms with E-state index in [9.17, 15) is 31.5 Å². The first-order valence-corrected chi connectivity index (χ1v) is 4.38. The van der Waals surface area contributed by atoms with Crippen molar-refractivity contribution in [2.75, 3.05) is 20.2 Å². The zero-order valence-electron chi connectivity index (χ0n) is 8.76. The summed E-state index contributed by atoms with van der Waals surface area (Å²) in [7, 11) is 0.991. The van der Waals surface area contributed by atoms with E-state index in [-0.39, 0.29) is 4.90 Å². The van der Waals surface area contributed by atoms with Gasteiger partial charge in [-0.05, 0) is 0 Å². The van der Waals surface area contributed by atoms with Gasteiger partial charge in [-0.25, -0.2) is 0 Å². The third kappa shape index (κ3) is 6.69. The molecule has 0 aromatic rings. The maximum atomic E-state index is 12.0. The summed E-state index contributed by atoms with van der Waals surface area (Å²) < 4.78 is 64.0. The van der Waals surface area contributed by atoms with Crippen LogP contribution >= 0.6 is 0 Å². The lowest BCUT2D eigenvalue weighted by atomic mass is 10.3. The van der Waals surface area contributed by atoms with Gasteiger partial charge in [0.2, 0.25) is 0 Å². The zero-order valence-corrected chi connectivity index (χ0v) is 8.76. The van der Waals surface area contributed by atoms with Crippen LogP contribution in [0.15, 0.2) is 0 Å². The van der Waals surface area contributed by atoms with E-state index in [0.29, 0.717) is 0 Å². The van der Waals surface area contributed by atoms with Crippen molar-refractivity contribution in [2.45, 2.75) is 19.0 Å². The van der Waals surface area contributed by atoms with Crippen molar-refractivity contribution in [1.82, 2.24) is 4.90 Å². The molecule has 0 heterocycles. The second kappa shape index (κ2) is 6.36. The summed E-state index contributed by atoms with van der Waals surface area (Å²) >= 11 is 0. The van der Waals surface area contributed by atoms with Gasteiger partial charge < -0.3 is 9.64 Å². The summed E-state index contributed by atoms with van der Waals surface area (Å²) in [5, 5.41) is 0. The number of methoxy groups -OCH3 is 1. The van der Waals surface area contributed by atoms with Gasteiger partial charge in [-0.1, -0.05) is 0 Å². The van der Waals surface area contributed by atoms with Crippen LogP contribution in [0.4, 0.5) is 22.0 Å². The molecule has 0 radical (unpaired) electrons. The van der Waals surface area contributed by atoms with Crippen molar-refractivity contribution in [2.24, 2.45) is 0 Å². The van der Waals surface area contributed by atoms with E-state index in [4.69, 9.17) is 0 Å². The van der Waals surface area contributed by atoms with Crippen LogP contribution in [0.1, 0.15) is 6.42 Å². The summed E-state index contributed by atoms with van der Waals surface area (Å²) in [4.78, 5) is 21.3. The Morgan fingerprint density at radius 3 is 2.18 bits per heavy atom.